The third kappa shape index (κ3) is 3.79. The van der Waals surface area contributed by atoms with Gasteiger partial charge in [-0.2, -0.15) is 0 Å². The van der Waals surface area contributed by atoms with Gasteiger partial charge in [0, 0.05) is 12.3 Å². The lowest BCUT2D eigenvalue weighted by atomic mass is 9.95. The SMILES string of the molecule is O=C(O)C[C@@H](C(=O)Nc1ccccc1)[C@H]1CCCO1. The van der Waals surface area contributed by atoms with Crippen molar-refractivity contribution in [1.29, 1.82) is 0 Å². The topological polar surface area (TPSA) is 75.6 Å². The second kappa shape index (κ2) is 6.33. The Morgan fingerprint density at radius 1 is 1.37 bits per heavy atom. The Kier molecular flexibility index (Phi) is 4.52. The fourth-order valence-corrected chi connectivity index (χ4v) is 2.26. The molecule has 1 heterocycles. The second-order valence-corrected chi connectivity index (χ2v) is 4.61. The molecule has 2 atom stereocenters. The first-order chi connectivity index (χ1) is 9.16. The Bertz CT molecular complexity index is 440. The zero-order valence-electron chi connectivity index (χ0n) is 10.5. The highest BCUT2D eigenvalue weighted by Crippen LogP contribution is 2.24. The molecule has 0 aromatic heterocycles. The Morgan fingerprint density at radius 2 is 2.11 bits per heavy atom. The number of hydrogen-bond donors (Lipinski definition) is 2. The van der Waals surface area contributed by atoms with Gasteiger partial charge in [0.25, 0.3) is 0 Å². The van der Waals surface area contributed by atoms with E-state index in [1.165, 1.54) is 0 Å². The van der Waals surface area contributed by atoms with E-state index in [0.717, 1.165) is 12.8 Å². The first-order valence-corrected chi connectivity index (χ1v) is 6.36. The fourth-order valence-electron chi connectivity index (χ4n) is 2.26. The van der Waals surface area contributed by atoms with Crippen LogP contribution in [0.4, 0.5) is 5.69 Å². The number of ether oxygens (including phenoxy) is 1. The largest absolute Gasteiger partial charge is 0.481 e. The zero-order chi connectivity index (χ0) is 13.7. The number of carbonyl (C=O) groups excluding carboxylic acids is 1. The molecule has 1 saturated heterocycles. The number of carbonyl (C=O) groups is 2. The number of carboxylic acid groups (broad SMARTS) is 1. The molecular formula is C14H17NO4. The highest BCUT2D eigenvalue weighted by atomic mass is 16.5. The predicted octanol–water partition coefficient (Wildman–Crippen LogP) is 1.90. The molecule has 2 N–H and O–H groups in total. The predicted molar refractivity (Wildman–Crippen MR) is 69.8 cm³/mol. The van der Waals surface area contributed by atoms with Crippen LogP contribution in [0.1, 0.15) is 19.3 Å². The summed E-state index contributed by atoms with van der Waals surface area (Å²) in [6.45, 7) is 0.597. The van der Waals surface area contributed by atoms with Gasteiger partial charge >= 0.3 is 5.97 Å². The van der Waals surface area contributed by atoms with Crippen LogP contribution >= 0.6 is 0 Å². The van der Waals surface area contributed by atoms with Crippen LogP contribution in [-0.4, -0.2) is 29.7 Å². The molecule has 1 amide bonds. The lowest BCUT2D eigenvalue weighted by Gasteiger charge is -2.20. The molecule has 1 aromatic rings. The maximum atomic E-state index is 12.2. The van der Waals surface area contributed by atoms with E-state index < -0.39 is 11.9 Å². The number of hydrogen-bond acceptors (Lipinski definition) is 3. The van der Waals surface area contributed by atoms with Gasteiger partial charge in [0.2, 0.25) is 5.91 Å². The van der Waals surface area contributed by atoms with Crippen LogP contribution in [0.2, 0.25) is 0 Å². The quantitative estimate of drug-likeness (QED) is 0.850. The molecule has 1 fully saturated rings. The van der Waals surface area contributed by atoms with Crippen LogP contribution < -0.4 is 5.32 Å². The van der Waals surface area contributed by atoms with E-state index in [1.54, 1.807) is 12.1 Å². The van der Waals surface area contributed by atoms with Gasteiger partial charge in [-0.15, -0.1) is 0 Å². The Labute approximate surface area is 111 Å². The molecule has 0 unspecified atom stereocenters. The van der Waals surface area contributed by atoms with Crippen LogP contribution in [0, 0.1) is 5.92 Å². The molecule has 5 nitrogen and oxygen atoms in total. The van der Waals surface area contributed by atoms with E-state index in [1.807, 2.05) is 18.2 Å². The lowest BCUT2D eigenvalue weighted by Crippen LogP contribution is -2.34. The van der Waals surface area contributed by atoms with Crippen molar-refractivity contribution >= 4 is 17.6 Å². The Balaban J connectivity index is 2.04. The van der Waals surface area contributed by atoms with Crippen molar-refractivity contribution in [2.75, 3.05) is 11.9 Å². The van der Waals surface area contributed by atoms with Gasteiger partial charge in [-0.1, -0.05) is 18.2 Å². The molecule has 0 radical (unpaired) electrons. The van der Waals surface area contributed by atoms with Gasteiger partial charge in [-0.05, 0) is 25.0 Å². The van der Waals surface area contributed by atoms with Crippen molar-refractivity contribution in [3.05, 3.63) is 30.3 Å². The van der Waals surface area contributed by atoms with E-state index in [-0.39, 0.29) is 18.4 Å². The first kappa shape index (κ1) is 13.5. The van der Waals surface area contributed by atoms with E-state index in [9.17, 15) is 9.59 Å². The minimum atomic E-state index is -0.983. The summed E-state index contributed by atoms with van der Waals surface area (Å²) in [6.07, 6.45) is 1.11. The molecule has 0 spiro atoms. The number of amides is 1. The highest BCUT2D eigenvalue weighted by molar-refractivity contribution is 5.94. The number of carboxylic acids is 1. The summed E-state index contributed by atoms with van der Waals surface area (Å²) in [5.74, 6) is -1.91. The maximum absolute atomic E-state index is 12.2. The fraction of sp³-hybridized carbons (Fsp3) is 0.429. The molecule has 19 heavy (non-hydrogen) atoms. The van der Waals surface area contributed by atoms with Crippen molar-refractivity contribution in [3.8, 4) is 0 Å². The van der Waals surface area contributed by atoms with E-state index in [4.69, 9.17) is 9.84 Å². The molecule has 1 aliphatic rings. The molecular weight excluding hydrogens is 246 g/mol. The molecule has 2 rings (SSSR count). The molecule has 0 saturated carbocycles. The summed E-state index contributed by atoms with van der Waals surface area (Å²) in [6, 6.07) is 9.02. The molecule has 1 aromatic carbocycles. The Morgan fingerprint density at radius 3 is 2.68 bits per heavy atom. The summed E-state index contributed by atoms with van der Waals surface area (Å²) in [7, 11) is 0. The number of aliphatic carboxylic acids is 1. The van der Waals surface area contributed by atoms with E-state index >= 15 is 0 Å². The maximum Gasteiger partial charge on any atom is 0.304 e. The van der Waals surface area contributed by atoms with Crippen LogP contribution in [0.25, 0.3) is 0 Å². The standard InChI is InChI=1S/C14H17NO4/c16-13(17)9-11(12-7-4-8-19-12)14(18)15-10-5-2-1-3-6-10/h1-3,5-6,11-12H,4,7-9H2,(H,15,18)(H,16,17)/t11-,12-/m1/s1. The smallest absolute Gasteiger partial charge is 0.304 e. The van der Waals surface area contributed by atoms with Gasteiger partial charge in [-0.25, -0.2) is 0 Å². The van der Waals surface area contributed by atoms with Crippen LogP contribution in [0.15, 0.2) is 30.3 Å². The highest BCUT2D eigenvalue weighted by Gasteiger charge is 2.33. The summed E-state index contributed by atoms with van der Waals surface area (Å²) in [5, 5.41) is 11.7. The molecule has 1 aliphatic heterocycles. The third-order valence-corrected chi connectivity index (χ3v) is 3.19. The summed E-state index contributed by atoms with van der Waals surface area (Å²) < 4.78 is 5.45. The number of rotatable bonds is 5. The number of nitrogens with one attached hydrogen (secondary N) is 1. The zero-order valence-corrected chi connectivity index (χ0v) is 10.5. The van der Waals surface area contributed by atoms with Gasteiger partial charge in [0.1, 0.15) is 0 Å². The average molecular weight is 263 g/mol. The van der Waals surface area contributed by atoms with Crippen molar-refractivity contribution in [1.82, 2.24) is 0 Å². The first-order valence-electron chi connectivity index (χ1n) is 6.36. The lowest BCUT2D eigenvalue weighted by molar-refractivity contribution is -0.142. The van der Waals surface area contributed by atoms with Gasteiger partial charge in [-0.3, -0.25) is 9.59 Å². The molecule has 5 heteroatoms. The second-order valence-electron chi connectivity index (χ2n) is 4.61. The van der Waals surface area contributed by atoms with Crippen LogP contribution in [0.3, 0.4) is 0 Å². The van der Waals surface area contributed by atoms with E-state index in [0.29, 0.717) is 12.3 Å². The normalized spacial score (nSPS) is 19.9. The average Bonchev–Trinajstić information content (AvgIpc) is 2.90. The van der Waals surface area contributed by atoms with Gasteiger partial charge < -0.3 is 15.2 Å². The number of benzene rings is 1. The summed E-state index contributed by atoms with van der Waals surface area (Å²) >= 11 is 0. The number of para-hydroxylation sites is 1. The molecule has 0 bridgehead atoms. The molecule has 0 aliphatic carbocycles. The van der Waals surface area contributed by atoms with Gasteiger partial charge in [0.15, 0.2) is 0 Å². The van der Waals surface area contributed by atoms with Crippen molar-refractivity contribution in [2.24, 2.45) is 5.92 Å². The molecule has 102 valence electrons. The van der Waals surface area contributed by atoms with Crippen molar-refractivity contribution in [2.45, 2.75) is 25.4 Å². The van der Waals surface area contributed by atoms with Crippen molar-refractivity contribution < 1.29 is 19.4 Å². The van der Waals surface area contributed by atoms with E-state index in [2.05, 4.69) is 5.32 Å². The summed E-state index contributed by atoms with van der Waals surface area (Å²) in [5.41, 5.74) is 0.667. The van der Waals surface area contributed by atoms with Crippen molar-refractivity contribution in [3.63, 3.8) is 0 Å². The minimum Gasteiger partial charge on any atom is -0.481 e. The van der Waals surface area contributed by atoms with Crippen LogP contribution in [-0.2, 0) is 14.3 Å². The third-order valence-electron chi connectivity index (χ3n) is 3.19. The monoisotopic (exact) mass is 263 g/mol. The Hall–Kier alpha value is -1.88. The summed E-state index contributed by atoms with van der Waals surface area (Å²) in [4.78, 5) is 23.1. The van der Waals surface area contributed by atoms with Crippen LogP contribution in [0.5, 0.6) is 0 Å². The van der Waals surface area contributed by atoms with Gasteiger partial charge in [0.05, 0.1) is 18.4 Å². The number of anilines is 1. The minimum absolute atomic E-state index is 0.205.